The van der Waals surface area contributed by atoms with Crippen molar-refractivity contribution >= 4 is 11.3 Å². The van der Waals surface area contributed by atoms with Crippen molar-refractivity contribution in [3.63, 3.8) is 0 Å². The number of nitrogens with one attached hydrogen (secondary N) is 1. The van der Waals surface area contributed by atoms with Crippen molar-refractivity contribution in [1.29, 1.82) is 0 Å². The Bertz CT molecular complexity index is 417. The highest BCUT2D eigenvalue weighted by Crippen LogP contribution is 2.46. The van der Waals surface area contributed by atoms with Gasteiger partial charge in [-0.25, -0.2) is 0 Å². The predicted octanol–water partition coefficient (Wildman–Crippen LogP) is 4.30. The van der Waals surface area contributed by atoms with E-state index in [1.54, 1.807) is 0 Å². The number of ether oxygens (including phenoxy) is 1. The lowest BCUT2D eigenvalue weighted by Gasteiger charge is -2.54. The van der Waals surface area contributed by atoms with Crippen LogP contribution in [0.1, 0.15) is 56.3 Å². The lowest BCUT2D eigenvalue weighted by Crippen LogP contribution is -2.62. The Kier molecular flexibility index (Phi) is 4.70. The van der Waals surface area contributed by atoms with Crippen molar-refractivity contribution in [2.75, 3.05) is 6.61 Å². The Hall–Kier alpha value is -0.380. The second-order valence-corrected chi connectivity index (χ2v) is 7.25. The maximum absolute atomic E-state index is 5.87. The maximum atomic E-state index is 5.87. The van der Waals surface area contributed by atoms with Crippen LogP contribution in [0.25, 0.3) is 0 Å². The van der Waals surface area contributed by atoms with Crippen LogP contribution >= 0.6 is 11.3 Å². The summed E-state index contributed by atoms with van der Waals surface area (Å²) in [6.45, 7) is 12.0. The van der Waals surface area contributed by atoms with Crippen molar-refractivity contribution in [1.82, 2.24) is 5.32 Å². The van der Waals surface area contributed by atoms with Crippen LogP contribution < -0.4 is 5.32 Å². The molecule has 0 aliphatic heterocycles. The van der Waals surface area contributed by atoms with Crippen molar-refractivity contribution in [3.05, 3.63) is 21.9 Å². The van der Waals surface area contributed by atoms with E-state index in [4.69, 9.17) is 4.74 Å². The Morgan fingerprint density at radius 3 is 2.74 bits per heavy atom. The summed E-state index contributed by atoms with van der Waals surface area (Å²) in [5, 5.41) is 3.81. The number of aryl methyl sites for hydroxylation is 1. The molecule has 1 aromatic rings. The van der Waals surface area contributed by atoms with Gasteiger partial charge in [0, 0.05) is 33.9 Å². The minimum atomic E-state index is 0.288. The molecule has 1 aliphatic carbocycles. The van der Waals surface area contributed by atoms with Gasteiger partial charge in [0.05, 0.1) is 6.10 Å². The van der Waals surface area contributed by atoms with E-state index >= 15 is 0 Å². The summed E-state index contributed by atoms with van der Waals surface area (Å²) in [4.78, 5) is 2.83. The molecule has 108 valence electrons. The molecule has 1 N–H and O–H groups in total. The highest BCUT2D eigenvalue weighted by atomic mass is 32.1. The largest absolute Gasteiger partial charge is 0.378 e. The van der Waals surface area contributed by atoms with Gasteiger partial charge in [-0.2, -0.15) is 0 Å². The van der Waals surface area contributed by atoms with E-state index < -0.39 is 0 Å². The van der Waals surface area contributed by atoms with Gasteiger partial charge in [0.25, 0.3) is 0 Å². The van der Waals surface area contributed by atoms with Crippen LogP contribution in [-0.4, -0.2) is 18.8 Å². The molecule has 2 nitrogen and oxygen atoms in total. The molecule has 1 saturated carbocycles. The molecular weight excluding hydrogens is 254 g/mol. The zero-order chi connectivity index (χ0) is 14.0. The molecular formula is C16H27NOS. The third-order valence-electron chi connectivity index (χ3n) is 4.75. The van der Waals surface area contributed by atoms with Gasteiger partial charge >= 0.3 is 0 Å². The highest BCUT2D eigenvalue weighted by molar-refractivity contribution is 7.12. The Balaban J connectivity index is 1.96. The molecule has 19 heavy (non-hydrogen) atoms. The summed E-state index contributed by atoms with van der Waals surface area (Å²) in [5.74, 6) is 0. The third-order valence-corrected chi connectivity index (χ3v) is 5.93. The van der Waals surface area contributed by atoms with E-state index in [1.165, 1.54) is 16.2 Å². The van der Waals surface area contributed by atoms with Crippen LogP contribution in [0.15, 0.2) is 12.1 Å². The summed E-state index contributed by atoms with van der Waals surface area (Å²) in [6, 6.07) is 5.48. The molecule has 0 saturated heterocycles. The monoisotopic (exact) mass is 281 g/mol. The zero-order valence-corrected chi connectivity index (χ0v) is 13.6. The van der Waals surface area contributed by atoms with E-state index in [0.717, 1.165) is 13.0 Å². The second kappa shape index (κ2) is 5.94. The van der Waals surface area contributed by atoms with Gasteiger partial charge in [-0.15, -0.1) is 11.3 Å². The lowest BCUT2D eigenvalue weighted by atomic mass is 9.61. The Morgan fingerprint density at radius 2 is 2.21 bits per heavy atom. The molecule has 3 heteroatoms. The SMILES string of the molecule is CCOC1CC(NC(C)c2ccc(C)s2)C1(C)CC. The fourth-order valence-corrected chi connectivity index (χ4v) is 3.97. The number of rotatable bonds is 6. The summed E-state index contributed by atoms with van der Waals surface area (Å²) >= 11 is 1.90. The van der Waals surface area contributed by atoms with Gasteiger partial charge in [0.2, 0.25) is 0 Å². The summed E-state index contributed by atoms with van der Waals surface area (Å²) < 4.78 is 5.87. The van der Waals surface area contributed by atoms with Gasteiger partial charge in [-0.1, -0.05) is 13.8 Å². The van der Waals surface area contributed by atoms with Crippen molar-refractivity contribution < 1.29 is 4.74 Å². The molecule has 4 unspecified atom stereocenters. The van der Waals surface area contributed by atoms with E-state index in [-0.39, 0.29) is 5.41 Å². The standard InChI is InChI=1S/C16H27NOS/c1-6-16(5)14(10-15(16)18-7-2)17-12(4)13-9-8-11(3)19-13/h8-9,12,14-15,17H,6-7,10H2,1-5H3. The first kappa shape index (κ1) is 15.0. The molecule has 0 bridgehead atoms. The highest BCUT2D eigenvalue weighted by Gasteiger charge is 2.51. The van der Waals surface area contributed by atoms with Crippen LogP contribution in [0.5, 0.6) is 0 Å². The van der Waals surface area contributed by atoms with Gasteiger partial charge in [-0.3, -0.25) is 0 Å². The maximum Gasteiger partial charge on any atom is 0.0658 e. The Labute approximate surface area is 121 Å². The molecule has 0 amide bonds. The quantitative estimate of drug-likeness (QED) is 0.839. The van der Waals surface area contributed by atoms with E-state index in [9.17, 15) is 0 Å². The van der Waals surface area contributed by atoms with Crippen molar-refractivity contribution in [3.8, 4) is 0 Å². The normalized spacial score (nSPS) is 32.1. The predicted molar refractivity (Wildman–Crippen MR) is 82.8 cm³/mol. The average Bonchev–Trinajstić information content (AvgIpc) is 2.83. The number of hydrogen-bond acceptors (Lipinski definition) is 3. The Morgan fingerprint density at radius 1 is 1.47 bits per heavy atom. The summed E-state index contributed by atoms with van der Waals surface area (Å²) in [6.07, 6.45) is 2.75. The lowest BCUT2D eigenvalue weighted by molar-refractivity contribution is -0.127. The first-order valence-corrected chi connectivity index (χ1v) is 8.26. The zero-order valence-electron chi connectivity index (χ0n) is 12.8. The van der Waals surface area contributed by atoms with Crippen LogP contribution in [-0.2, 0) is 4.74 Å². The number of thiophene rings is 1. The van der Waals surface area contributed by atoms with Crippen LogP contribution in [0.3, 0.4) is 0 Å². The first-order valence-electron chi connectivity index (χ1n) is 7.45. The molecule has 1 aromatic heterocycles. The third kappa shape index (κ3) is 2.88. The topological polar surface area (TPSA) is 21.3 Å². The van der Waals surface area contributed by atoms with Gasteiger partial charge < -0.3 is 10.1 Å². The van der Waals surface area contributed by atoms with Gasteiger partial charge in [0.15, 0.2) is 0 Å². The van der Waals surface area contributed by atoms with Gasteiger partial charge in [-0.05, 0) is 45.7 Å². The van der Waals surface area contributed by atoms with Crippen LogP contribution in [0, 0.1) is 12.3 Å². The van der Waals surface area contributed by atoms with E-state index in [1.807, 2.05) is 11.3 Å². The molecule has 0 radical (unpaired) electrons. The molecule has 4 atom stereocenters. The minimum Gasteiger partial charge on any atom is -0.378 e. The van der Waals surface area contributed by atoms with Crippen LogP contribution in [0.2, 0.25) is 0 Å². The smallest absolute Gasteiger partial charge is 0.0658 e. The first-order chi connectivity index (χ1) is 9.01. The molecule has 0 aromatic carbocycles. The molecule has 1 fully saturated rings. The van der Waals surface area contributed by atoms with Crippen molar-refractivity contribution in [2.24, 2.45) is 5.41 Å². The fraction of sp³-hybridized carbons (Fsp3) is 0.750. The minimum absolute atomic E-state index is 0.288. The molecule has 0 spiro atoms. The van der Waals surface area contributed by atoms with Crippen molar-refractivity contribution in [2.45, 2.75) is 65.6 Å². The van der Waals surface area contributed by atoms with E-state index in [0.29, 0.717) is 18.2 Å². The summed E-state index contributed by atoms with van der Waals surface area (Å²) in [7, 11) is 0. The average molecular weight is 281 g/mol. The van der Waals surface area contributed by atoms with E-state index in [2.05, 4.69) is 52.1 Å². The van der Waals surface area contributed by atoms with Crippen LogP contribution in [0.4, 0.5) is 0 Å². The molecule has 2 rings (SSSR count). The fourth-order valence-electron chi connectivity index (χ4n) is 3.08. The van der Waals surface area contributed by atoms with Gasteiger partial charge in [0.1, 0.15) is 0 Å². The summed E-state index contributed by atoms with van der Waals surface area (Å²) in [5.41, 5.74) is 0.288. The molecule has 1 heterocycles. The second-order valence-electron chi connectivity index (χ2n) is 5.93. The number of hydrogen-bond donors (Lipinski definition) is 1. The molecule has 1 aliphatic rings.